The fourth-order valence-corrected chi connectivity index (χ4v) is 3.61. The van der Waals surface area contributed by atoms with E-state index in [1.54, 1.807) is 42.5 Å². The van der Waals surface area contributed by atoms with Crippen LogP contribution < -0.4 is 10.9 Å². The lowest BCUT2D eigenvalue weighted by atomic mass is 10.1. The van der Waals surface area contributed by atoms with Gasteiger partial charge in [0.05, 0.1) is 28.5 Å². The monoisotopic (exact) mass is 390 g/mol. The second kappa shape index (κ2) is 8.26. The van der Waals surface area contributed by atoms with E-state index in [9.17, 15) is 14.4 Å². The van der Waals surface area contributed by atoms with Gasteiger partial charge in [-0.3, -0.25) is 19.0 Å². The molecule has 2 aromatic carbocycles. The van der Waals surface area contributed by atoms with Crippen LogP contribution in [0.2, 0.25) is 0 Å². The average molecular weight is 390 g/mol. The third-order valence-corrected chi connectivity index (χ3v) is 5.12. The fourth-order valence-electron chi connectivity index (χ4n) is 3.61. The highest BCUT2D eigenvalue weighted by molar-refractivity contribution is 6.03. The second-order valence-corrected chi connectivity index (χ2v) is 7.14. The quantitative estimate of drug-likeness (QED) is 0.742. The van der Waals surface area contributed by atoms with E-state index in [2.05, 4.69) is 10.3 Å². The van der Waals surface area contributed by atoms with Gasteiger partial charge in [0.1, 0.15) is 6.54 Å². The predicted octanol–water partition coefficient (Wildman–Crippen LogP) is 2.66. The second-order valence-electron chi connectivity index (χ2n) is 7.14. The van der Waals surface area contributed by atoms with E-state index in [0.29, 0.717) is 22.2 Å². The molecule has 1 N–H and O–H groups in total. The van der Waals surface area contributed by atoms with Gasteiger partial charge in [0, 0.05) is 13.1 Å². The SMILES string of the molecule is O=C(Cn1cnc2ccccc2c1=O)Nc1ccccc1C(=O)N1CCCCC1. The molecule has 29 heavy (non-hydrogen) atoms. The third-order valence-electron chi connectivity index (χ3n) is 5.12. The molecule has 2 amide bonds. The number of rotatable bonds is 4. The van der Waals surface area contributed by atoms with Crippen molar-refractivity contribution in [3.63, 3.8) is 0 Å². The van der Waals surface area contributed by atoms with Crippen LogP contribution in [0.25, 0.3) is 10.9 Å². The minimum absolute atomic E-state index is 0.0786. The summed E-state index contributed by atoms with van der Waals surface area (Å²) >= 11 is 0. The van der Waals surface area contributed by atoms with Crippen molar-refractivity contribution in [2.45, 2.75) is 25.8 Å². The summed E-state index contributed by atoms with van der Waals surface area (Å²) in [4.78, 5) is 44.1. The molecule has 7 heteroatoms. The lowest BCUT2D eigenvalue weighted by Crippen LogP contribution is -2.36. The van der Waals surface area contributed by atoms with E-state index in [4.69, 9.17) is 0 Å². The molecule has 0 bridgehead atoms. The maximum absolute atomic E-state index is 12.9. The Morgan fingerprint density at radius 3 is 2.52 bits per heavy atom. The maximum atomic E-state index is 12.9. The number of likely N-dealkylation sites (tertiary alicyclic amines) is 1. The molecule has 148 valence electrons. The van der Waals surface area contributed by atoms with Crippen molar-refractivity contribution in [1.29, 1.82) is 0 Å². The van der Waals surface area contributed by atoms with E-state index in [1.165, 1.54) is 10.9 Å². The predicted molar refractivity (Wildman–Crippen MR) is 111 cm³/mol. The Kier molecular flexibility index (Phi) is 5.37. The first kappa shape index (κ1) is 18.9. The van der Waals surface area contributed by atoms with Gasteiger partial charge in [-0.25, -0.2) is 4.98 Å². The molecule has 7 nitrogen and oxygen atoms in total. The summed E-state index contributed by atoms with van der Waals surface area (Å²) in [6, 6.07) is 14.0. The van der Waals surface area contributed by atoms with Gasteiger partial charge < -0.3 is 10.2 Å². The summed E-state index contributed by atoms with van der Waals surface area (Å²) in [6.07, 6.45) is 4.50. The first-order chi connectivity index (χ1) is 14.1. The van der Waals surface area contributed by atoms with Crippen LogP contribution in [0.15, 0.2) is 59.7 Å². The molecule has 1 aromatic heterocycles. The van der Waals surface area contributed by atoms with Crippen LogP contribution in [0.5, 0.6) is 0 Å². The summed E-state index contributed by atoms with van der Waals surface area (Å²) in [5.74, 6) is -0.465. The molecule has 4 rings (SSSR count). The molecular weight excluding hydrogens is 368 g/mol. The Balaban J connectivity index is 1.53. The van der Waals surface area contributed by atoms with Gasteiger partial charge in [0.2, 0.25) is 5.91 Å². The van der Waals surface area contributed by atoms with Gasteiger partial charge in [-0.15, -0.1) is 0 Å². The van der Waals surface area contributed by atoms with Crippen LogP contribution in [-0.2, 0) is 11.3 Å². The van der Waals surface area contributed by atoms with Crippen molar-refractivity contribution in [1.82, 2.24) is 14.5 Å². The third kappa shape index (κ3) is 4.03. The number of hydrogen-bond acceptors (Lipinski definition) is 4. The molecule has 0 atom stereocenters. The molecule has 1 fully saturated rings. The average Bonchev–Trinajstić information content (AvgIpc) is 2.76. The topological polar surface area (TPSA) is 84.3 Å². The normalized spacial score (nSPS) is 14.0. The molecule has 0 unspecified atom stereocenters. The van der Waals surface area contributed by atoms with Gasteiger partial charge in [-0.05, 0) is 43.5 Å². The van der Waals surface area contributed by atoms with Crippen LogP contribution in [-0.4, -0.2) is 39.4 Å². The molecular formula is C22H22N4O3. The molecule has 0 spiro atoms. The molecule has 1 aliphatic heterocycles. The highest BCUT2D eigenvalue weighted by Crippen LogP contribution is 2.20. The first-order valence-electron chi connectivity index (χ1n) is 9.76. The van der Waals surface area contributed by atoms with Crippen molar-refractivity contribution >= 4 is 28.4 Å². The molecule has 0 saturated carbocycles. The highest BCUT2D eigenvalue weighted by Gasteiger charge is 2.21. The zero-order valence-electron chi connectivity index (χ0n) is 16.0. The number of nitrogens with one attached hydrogen (secondary N) is 1. The van der Waals surface area contributed by atoms with E-state index in [-0.39, 0.29) is 23.9 Å². The number of anilines is 1. The van der Waals surface area contributed by atoms with Crippen LogP contribution in [0.3, 0.4) is 0 Å². The Morgan fingerprint density at radius 2 is 1.69 bits per heavy atom. The van der Waals surface area contributed by atoms with Crippen LogP contribution in [0.1, 0.15) is 29.6 Å². The number of fused-ring (bicyclic) bond motifs is 1. The number of carbonyl (C=O) groups is 2. The number of aromatic nitrogens is 2. The number of nitrogens with zero attached hydrogens (tertiary/aromatic N) is 3. The minimum Gasteiger partial charge on any atom is -0.339 e. The standard InChI is InChI=1S/C22H22N4O3/c27-20(14-26-15-23-18-10-4-2-8-16(18)22(26)29)24-19-11-5-3-9-17(19)21(28)25-12-6-1-7-13-25/h2-5,8-11,15H,1,6-7,12-14H2,(H,24,27). The van der Waals surface area contributed by atoms with Crippen molar-refractivity contribution in [2.24, 2.45) is 0 Å². The van der Waals surface area contributed by atoms with E-state index >= 15 is 0 Å². The Bertz CT molecular complexity index is 1120. The summed E-state index contributed by atoms with van der Waals surface area (Å²) in [5.41, 5.74) is 1.23. The van der Waals surface area contributed by atoms with E-state index in [1.807, 2.05) is 11.0 Å². The zero-order chi connectivity index (χ0) is 20.2. The number of amides is 2. The van der Waals surface area contributed by atoms with Crippen LogP contribution in [0.4, 0.5) is 5.69 Å². The number of para-hydroxylation sites is 2. The van der Waals surface area contributed by atoms with Crippen molar-refractivity contribution in [2.75, 3.05) is 18.4 Å². The van der Waals surface area contributed by atoms with E-state index < -0.39 is 0 Å². The van der Waals surface area contributed by atoms with Gasteiger partial charge in [0.25, 0.3) is 11.5 Å². The minimum atomic E-state index is -0.386. The number of piperidine rings is 1. The lowest BCUT2D eigenvalue weighted by molar-refractivity contribution is -0.116. The Hall–Kier alpha value is -3.48. The van der Waals surface area contributed by atoms with Crippen LogP contribution in [0, 0.1) is 0 Å². The summed E-state index contributed by atoms with van der Waals surface area (Å²) in [5, 5.41) is 3.24. The van der Waals surface area contributed by atoms with Gasteiger partial charge in [0.15, 0.2) is 0 Å². The smallest absolute Gasteiger partial charge is 0.261 e. The van der Waals surface area contributed by atoms with E-state index in [0.717, 1.165) is 32.4 Å². The first-order valence-corrected chi connectivity index (χ1v) is 9.76. The van der Waals surface area contributed by atoms with Crippen LogP contribution >= 0.6 is 0 Å². The van der Waals surface area contributed by atoms with Crippen molar-refractivity contribution < 1.29 is 9.59 Å². The number of benzene rings is 2. The molecule has 0 aliphatic carbocycles. The molecule has 2 heterocycles. The number of hydrogen-bond donors (Lipinski definition) is 1. The van der Waals surface area contributed by atoms with Crippen molar-refractivity contribution in [3.05, 3.63) is 70.8 Å². The Labute approximate surface area is 168 Å². The van der Waals surface area contributed by atoms with Gasteiger partial charge >= 0.3 is 0 Å². The number of carbonyl (C=O) groups excluding carboxylic acids is 2. The highest BCUT2D eigenvalue weighted by atomic mass is 16.2. The maximum Gasteiger partial charge on any atom is 0.261 e. The fraction of sp³-hybridized carbons (Fsp3) is 0.273. The van der Waals surface area contributed by atoms with Gasteiger partial charge in [-0.2, -0.15) is 0 Å². The molecule has 3 aromatic rings. The zero-order valence-corrected chi connectivity index (χ0v) is 16.0. The lowest BCUT2D eigenvalue weighted by Gasteiger charge is -2.27. The molecule has 0 radical (unpaired) electrons. The summed E-state index contributed by atoms with van der Waals surface area (Å²) in [6.45, 7) is 1.29. The molecule has 1 aliphatic rings. The van der Waals surface area contributed by atoms with Crippen molar-refractivity contribution in [3.8, 4) is 0 Å². The molecule has 1 saturated heterocycles. The summed E-state index contributed by atoms with van der Waals surface area (Å²) < 4.78 is 1.27. The van der Waals surface area contributed by atoms with Gasteiger partial charge in [-0.1, -0.05) is 24.3 Å². The summed E-state index contributed by atoms with van der Waals surface area (Å²) in [7, 11) is 0. The Morgan fingerprint density at radius 1 is 0.966 bits per heavy atom. The largest absolute Gasteiger partial charge is 0.339 e.